The molecule has 0 aromatic heterocycles. The van der Waals surface area contributed by atoms with Crippen molar-refractivity contribution in [2.24, 2.45) is 5.92 Å². The maximum Gasteiger partial charge on any atom is 0.129 e. The molecule has 0 bridgehead atoms. The monoisotopic (exact) mass is 221 g/mol. The first-order valence-electron chi connectivity index (χ1n) is 6.10. The molecule has 88 valence electrons. The fourth-order valence-electron chi connectivity index (χ4n) is 2.52. The van der Waals surface area contributed by atoms with Gasteiger partial charge in [0.25, 0.3) is 0 Å². The largest absolute Gasteiger partial charge is 0.316 e. The molecule has 1 aliphatic rings. The third-order valence-corrected chi connectivity index (χ3v) is 3.47. The first-order valence-corrected chi connectivity index (χ1v) is 6.10. The van der Waals surface area contributed by atoms with Gasteiger partial charge in [0.05, 0.1) is 0 Å². The highest BCUT2D eigenvalue weighted by Crippen LogP contribution is 2.32. The van der Waals surface area contributed by atoms with Crippen molar-refractivity contribution < 1.29 is 4.39 Å². The van der Waals surface area contributed by atoms with Crippen molar-refractivity contribution in [1.82, 2.24) is 5.32 Å². The second-order valence-electron chi connectivity index (χ2n) is 4.87. The van der Waals surface area contributed by atoms with E-state index in [1.807, 2.05) is 26.0 Å². The molecule has 1 saturated heterocycles. The molecule has 2 atom stereocenters. The Morgan fingerprint density at radius 2 is 2.19 bits per heavy atom. The van der Waals surface area contributed by atoms with Gasteiger partial charge in [-0.25, -0.2) is 4.39 Å². The molecule has 0 amide bonds. The van der Waals surface area contributed by atoms with E-state index in [1.54, 1.807) is 0 Å². The topological polar surface area (TPSA) is 12.0 Å². The van der Waals surface area contributed by atoms with Crippen LogP contribution in [0.4, 0.5) is 4.39 Å². The van der Waals surface area contributed by atoms with Gasteiger partial charge >= 0.3 is 0 Å². The van der Waals surface area contributed by atoms with E-state index in [1.165, 1.54) is 5.56 Å². The summed E-state index contributed by atoms with van der Waals surface area (Å²) in [6.45, 7) is 5.90. The Balaban J connectivity index is 2.15. The zero-order valence-electron chi connectivity index (χ0n) is 10.1. The SMILES string of the molecule is Cc1ccc(C(F)C2CCCNC2)c(C)c1. The molecule has 2 heteroatoms. The number of piperidine rings is 1. The summed E-state index contributed by atoms with van der Waals surface area (Å²) in [4.78, 5) is 0. The van der Waals surface area contributed by atoms with Crippen LogP contribution >= 0.6 is 0 Å². The van der Waals surface area contributed by atoms with Gasteiger partial charge in [0.15, 0.2) is 0 Å². The minimum absolute atomic E-state index is 0.148. The predicted molar refractivity (Wildman–Crippen MR) is 65.4 cm³/mol. The van der Waals surface area contributed by atoms with E-state index < -0.39 is 6.17 Å². The van der Waals surface area contributed by atoms with Crippen LogP contribution in [0.1, 0.15) is 35.7 Å². The molecule has 2 unspecified atom stereocenters. The van der Waals surface area contributed by atoms with Gasteiger partial charge in [-0.3, -0.25) is 0 Å². The molecule has 1 aromatic rings. The van der Waals surface area contributed by atoms with Gasteiger partial charge in [0, 0.05) is 12.5 Å². The first-order chi connectivity index (χ1) is 7.68. The molecule has 1 heterocycles. The van der Waals surface area contributed by atoms with E-state index in [9.17, 15) is 4.39 Å². The zero-order valence-corrected chi connectivity index (χ0v) is 10.1. The highest BCUT2D eigenvalue weighted by molar-refractivity contribution is 5.32. The number of alkyl halides is 1. The van der Waals surface area contributed by atoms with E-state index in [4.69, 9.17) is 0 Å². The van der Waals surface area contributed by atoms with E-state index in [-0.39, 0.29) is 5.92 Å². The van der Waals surface area contributed by atoms with Crippen molar-refractivity contribution in [3.05, 3.63) is 34.9 Å². The van der Waals surface area contributed by atoms with E-state index >= 15 is 0 Å². The number of halogens is 1. The van der Waals surface area contributed by atoms with Crippen LogP contribution in [-0.4, -0.2) is 13.1 Å². The summed E-state index contributed by atoms with van der Waals surface area (Å²) < 4.78 is 14.4. The number of rotatable bonds is 2. The molecule has 1 aromatic carbocycles. The number of hydrogen-bond acceptors (Lipinski definition) is 1. The molecule has 1 fully saturated rings. The third kappa shape index (κ3) is 2.43. The van der Waals surface area contributed by atoms with Crippen LogP contribution in [0.2, 0.25) is 0 Å². The normalized spacial score (nSPS) is 23.1. The number of nitrogens with one attached hydrogen (secondary N) is 1. The van der Waals surface area contributed by atoms with Gasteiger partial charge in [-0.15, -0.1) is 0 Å². The molecule has 2 rings (SSSR count). The first kappa shape index (κ1) is 11.6. The molecule has 0 aliphatic carbocycles. The Labute approximate surface area is 97.1 Å². The molecule has 16 heavy (non-hydrogen) atoms. The Hall–Kier alpha value is -0.890. The van der Waals surface area contributed by atoms with Crippen LogP contribution in [0.5, 0.6) is 0 Å². The zero-order chi connectivity index (χ0) is 11.5. The molecular formula is C14H20FN. The summed E-state index contributed by atoms with van der Waals surface area (Å²) >= 11 is 0. The van der Waals surface area contributed by atoms with Crippen molar-refractivity contribution in [2.45, 2.75) is 32.9 Å². The standard InChI is InChI=1S/C14H20FN/c1-10-5-6-13(11(2)8-10)14(15)12-4-3-7-16-9-12/h5-6,8,12,14,16H,3-4,7,9H2,1-2H3. The lowest BCUT2D eigenvalue weighted by molar-refractivity contribution is 0.194. The van der Waals surface area contributed by atoms with Crippen molar-refractivity contribution >= 4 is 0 Å². The molecular weight excluding hydrogens is 201 g/mol. The number of aryl methyl sites for hydroxylation is 2. The smallest absolute Gasteiger partial charge is 0.129 e. The van der Waals surface area contributed by atoms with Crippen molar-refractivity contribution in [2.75, 3.05) is 13.1 Å². The van der Waals surface area contributed by atoms with Crippen LogP contribution in [-0.2, 0) is 0 Å². The maximum absolute atomic E-state index is 14.4. The van der Waals surface area contributed by atoms with Crippen LogP contribution < -0.4 is 5.32 Å². The van der Waals surface area contributed by atoms with Crippen LogP contribution in [0.3, 0.4) is 0 Å². The summed E-state index contributed by atoms with van der Waals surface area (Å²) in [6.07, 6.45) is 1.28. The Morgan fingerprint density at radius 3 is 2.81 bits per heavy atom. The van der Waals surface area contributed by atoms with Crippen molar-refractivity contribution in [3.8, 4) is 0 Å². The summed E-state index contributed by atoms with van der Waals surface area (Å²) in [7, 11) is 0. The van der Waals surface area contributed by atoms with Crippen molar-refractivity contribution in [1.29, 1.82) is 0 Å². The van der Waals surface area contributed by atoms with Gasteiger partial charge in [-0.05, 0) is 44.4 Å². The Bertz CT molecular complexity index is 356. The predicted octanol–water partition coefficient (Wildman–Crippen LogP) is 3.31. The van der Waals surface area contributed by atoms with Gasteiger partial charge in [-0.1, -0.05) is 23.8 Å². The molecule has 1 N–H and O–H groups in total. The highest BCUT2D eigenvalue weighted by Gasteiger charge is 2.25. The average molecular weight is 221 g/mol. The van der Waals surface area contributed by atoms with Crippen molar-refractivity contribution in [3.63, 3.8) is 0 Å². The molecule has 1 aliphatic heterocycles. The van der Waals surface area contributed by atoms with Crippen LogP contribution in [0.25, 0.3) is 0 Å². The molecule has 0 saturated carbocycles. The second-order valence-corrected chi connectivity index (χ2v) is 4.87. The summed E-state index contributed by atoms with van der Waals surface area (Å²) in [5.41, 5.74) is 3.16. The van der Waals surface area contributed by atoms with Gasteiger partial charge in [-0.2, -0.15) is 0 Å². The minimum atomic E-state index is -0.812. The number of hydrogen-bond donors (Lipinski definition) is 1. The van der Waals surface area contributed by atoms with E-state index in [2.05, 4.69) is 11.4 Å². The van der Waals surface area contributed by atoms with E-state index in [0.29, 0.717) is 0 Å². The summed E-state index contributed by atoms with van der Waals surface area (Å²) in [6, 6.07) is 6.02. The van der Waals surface area contributed by atoms with Gasteiger partial charge in [0.1, 0.15) is 6.17 Å². The average Bonchev–Trinajstić information content (AvgIpc) is 2.29. The Morgan fingerprint density at radius 1 is 1.38 bits per heavy atom. The fraction of sp³-hybridized carbons (Fsp3) is 0.571. The quantitative estimate of drug-likeness (QED) is 0.808. The third-order valence-electron chi connectivity index (χ3n) is 3.47. The van der Waals surface area contributed by atoms with Crippen LogP contribution in [0, 0.1) is 19.8 Å². The summed E-state index contributed by atoms with van der Waals surface area (Å²) in [5, 5.41) is 3.28. The molecule has 1 nitrogen and oxygen atoms in total. The van der Waals surface area contributed by atoms with Gasteiger partial charge < -0.3 is 5.32 Å². The number of benzene rings is 1. The highest BCUT2D eigenvalue weighted by atomic mass is 19.1. The summed E-state index contributed by atoms with van der Waals surface area (Å²) in [5.74, 6) is 0.148. The van der Waals surface area contributed by atoms with Gasteiger partial charge in [0.2, 0.25) is 0 Å². The lowest BCUT2D eigenvalue weighted by Gasteiger charge is -2.27. The van der Waals surface area contributed by atoms with Crippen LogP contribution in [0.15, 0.2) is 18.2 Å². The minimum Gasteiger partial charge on any atom is -0.316 e. The lowest BCUT2D eigenvalue weighted by atomic mass is 9.88. The molecule has 0 spiro atoms. The van der Waals surface area contributed by atoms with E-state index in [0.717, 1.165) is 37.1 Å². The Kier molecular flexibility index (Phi) is 3.59. The lowest BCUT2D eigenvalue weighted by Crippen LogP contribution is -2.32. The second kappa shape index (κ2) is 4.96. The fourth-order valence-corrected chi connectivity index (χ4v) is 2.52. The maximum atomic E-state index is 14.4. The molecule has 0 radical (unpaired) electrons.